The Kier molecular flexibility index (Phi) is 8.64. The molecule has 0 N–H and O–H groups in total. The van der Waals surface area contributed by atoms with Gasteiger partial charge in [0.25, 0.3) is 0 Å². The van der Waals surface area contributed by atoms with Gasteiger partial charge in [-0.15, -0.1) is 0 Å². The number of carbonyl (C=O) groups is 2. The number of amides is 1. The monoisotopic (exact) mass is 462 g/mol. The molecule has 1 aliphatic rings. The first-order valence-electron chi connectivity index (χ1n) is 8.31. The molecule has 1 fully saturated rings. The third-order valence-electron chi connectivity index (χ3n) is 3.97. The fourth-order valence-electron chi connectivity index (χ4n) is 2.55. The van der Waals surface area contributed by atoms with Crippen LogP contribution in [0.3, 0.4) is 0 Å². The lowest BCUT2D eigenvalue weighted by molar-refractivity contribution is -0.870. The lowest BCUT2D eigenvalue weighted by atomic mass is 10.2. The summed E-state index contributed by atoms with van der Waals surface area (Å²) in [5.74, 6) is -0.336. The molecule has 1 saturated heterocycles. The predicted octanol–water partition coefficient (Wildman–Crippen LogP) is -0.959. The summed E-state index contributed by atoms with van der Waals surface area (Å²) in [6.45, 7) is 1.82. The van der Waals surface area contributed by atoms with Crippen LogP contribution in [0, 0.1) is 0 Å². The van der Waals surface area contributed by atoms with Gasteiger partial charge in [-0.2, -0.15) is 0 Å². The Bertz CT molecular complexity index is 560. The molecular formula is C18H27IN2O4. The maximum Gasteiger partial charge on any atom is 0.410 e. The van der Waals surface area contributed by atoms with Crippen molar-refractivity contribution in [3.05, 3.63) is 35.9 Å². The molecule has 0 aromatic heterocycles. The first-order valence-corrected chi connectivity index (χ1v) is 8.31. The number of rotatable bonds is 6. The molecule has 25 heavy (non-hydrogen) atoms. The second kappa shape index (κ2) is 9.96. The Labute approximate surface area is 166 Å². The van der Waals surface area contributed by atoms with Gasteiger partial charge in [0.05, 0.1) is 21.1 Å². The maximum absolute atomic E-state index is 12.3. The standard InChI is InChI=1S/C18H27N2O4.HI/c1-20(2,3)12-13-23-17(21)16-10-7-11-19(16)18(22)24-14-15-8-5-4-6-9-15;/h4-6,8-9,16H,7,10-14H2,1-3H3;1H/q+1;/p-1/t16-;/m0./s1. The highest BCUT2D eigenvalue weighted by Gasteiger charge is 2.36. The second-order valence-electron chi connectivity index (χ2n) is 7.07. The molecule has 0 spiro atoms. The third kappa shape index (κ3) is 7.19. The molecule has 0 unspecified atom stereocenters. The molecule has 0 saturated carbocycles. The van der Waals surface area contributed by atoms with Crippen molar-refractivity contribution in [3.63, 3.8) is 0 Å². The van der Waals surface area contributed by atoms with Gasteiger partial charge in [-0.1, -0.05) is 30.3 Å². The molecule has 1 aromatic carbocycles. The number of esters is 1. The van der Waals surface area contributed by atoms with Crippen molar-refractivity contribution in [3.8, 4) is 0 Å². The molecule has 6 nitrogen and oxygen atoms in total. The highest BCUT2D eigenvalue weighted by molar-refractivity contribution is 5.82. The van der Waals surface area contributed by atoms with Gasteiger partial charge in [0.2, 0.25) is 0 Å². The molecule has 0 aliphatic carbocycles. The lowest BCUT2D eigenvalue weighted by Gasteiger charge is -2.25. The van der Waals surface area contributed by atoms with Crippen LogP contribution < -0.4 is 24.0 Å². The molecule has 1 amide bonds. The minimum absolute atomic E-state index is 0. The Morgan fingerprint density at radius 3 is 2.48 bits per heavy atom. The normalized spacial score (nSPS) is 16.9. The minimum atomic E-state index is -0.527. The van der Waals surface area contributed by atoms with Crippen molar-refractivity contribution in [1.82, 2.24) is 4.90 Å². The summed E-state index contributed by atoms with van der Waals surface area (Å²) in [5, 5.41) is 0. The van der Waals surface area contributed by atoms with E-state index in [0.29, 0.717) is 19.6 Å². The van der Waals surface area contributed by atoms with Gasteiger partial charge in [0.15, 0.2) is 0 Å². The SMILES string of the molecule is C[N+](C)(C)CCOC(=O)[C@@H]1CCCN1C(=O)OCc1ccccc1.[I-]. The van der Waals surface area contributed by atoms with E-state index in [9.17, 15) is 9.59 Å². The molecule has 140 valence electrons. The number of quaternary nitrogens is 1. The largest absolute Gasteiger partial charge is 1.00 e. The first kappa shape index (κ1) is 21.7. The van der Waals surface area contributed by atoms with Crippen LogP contribution in [-0.4, -0.2) is 68.3 Å². The molecule has 1 aromatic rings. The number of ether oxygens (including phenoxy) is 2. The molecule has 0 radical (unpaired) electrons. The Morgan fingerprint density at radius 1 is 1.16 bits per heavy atom. The summed E-state index contributed by atoms with van der Waals surface area (Å²) < 4.78 is 11.4. The molecule has 1 aliphatic heterocycles. The van der Waals surface area contributed by atoms with E-state index in [-0.39, 0.29) is 36.6 Å². The summed E-state index contributed by atoms with van der Waals surface area (Å²) in [5.41, 5.74) is 0.923. The molecule has 0 bridgehead atoms. The van der Waals surface area contributed by atoms with Gasteiger partial charge in [-0.05, 0) is 18.4 Å². The van der Waals surface area contributed by atoms with Crippen LogP contribution >= 0.6 is 0 Å². The number of halogens is 1. The predicted molar refractivity (Wildman–Crippen MR) is 90.2 cm³/mol. The molecular weight excluding hydrogens is 435 g/mol. The van der Waals surface area contributed by atoms with Crippen molar-refractivity contribution in [2.75, 3.05) is 40.8 Å². The van der Waals surface area contributed by atoms with Crippen LogP contribution in [0.4, 0.5) is 4.79 Å². The lowest BCUT2D eigenvalue weighted by Crippen LogP contribution is -3.00. The van der Waals surface area contributed by atoms with Crippen molar-refractivity contribution in [1.29, 1.82) is 0 Å². The van der Waals surface area contributed by atoms with Crippen LogP contribution in [0.1, 0.15) is 18.4 Å². The van der Waals surface area contributed by atoms with E-state index < -0.39 is 12.1 Å². The van der Waals surface area contributed by atoms with Crippen LogP contribution in [0.15, 0.2) is 30.3 Å². The van der Waals surface area contributed by atoms with E-state index in [1.807, 2.05) is 51.5 Å². The summed E-state index contributed by atoms with van der Waals surface area (Å²) >= 11 is 0. The zero-order valence-corrected chi connectivity index (χ0v) is 17.3. The summed E-state index contributed by atoms with van der Waals surface area (Å²) in [6.07, 6.45) is 0.962. The van der Waals surface area contributed by atoms with Crippen molar-refractivity contribution >= 4 is 12.1 Å². The number of likely N-dealkylation sites (N-methyl/N-ethyl adjacent to an activating group) is 1. The fraction of sp³-hybridized carbons (Fsp3) is 0.556. The van der Waals surface area contributed by atoms with Crippen molar-refractivity contribution in [2.45, 2.75) is 25.5 Å². The third-order valence-corrected chi connectivity index (χ3v) is 3.97. The quantitative estimate of drug-likeness (QED) is 0.311. The van der Waals surface area contributed by atoms with E-state index in [1.165, 1.54) is 4.90 Å². The Morgan fingerprint density at radius 2 is 1.84 bits per heavy atom. The molecule has 2 rings (SSSR count). The number of hydrogen-bond donors (Lipinski definition) is 0. The summed E-state index contributed by atoms with van der Waals surface area (Å²) in [6, 6.07) is 8.97. The maximum atomic E-state index is 12.3. The Hall–Kier alpha value is -1.35. The highest BCUT2D eigenvalue weighted by Crippen LogP contribution is 2.20. The van der Waals surface area contributed by atoms with Crippen LogP contribution in [0.25, 0.3) is 0 Å². The average molecular weight is 462 g/mol. The van der Waals surface area contributed by atoms with Crippen LogP contribution in [0.2, 0.25) is 0 Å². The van der Waals surface area contributed by atoms with Gasteiger partial charge >= 0.3 is 12.1 Å². The molecule has 7 heteroatoms. The van der Waals surface area contributed by atoms with E-state index in [1.54, 1.807) is 0 Å². The molecule has 1 heterocycles. The van der Waals surface area contributed by atoms with E-state index in [0.717, 1.165) is 23.0 Å². The van der Waals surface area contributed by atoms with Gasteiger partial charge in [-0.25, -0.2) is 9.59 Å². The fourth-order valence-corrected chi connectivity index (χ4v) is 2.55. The topological polar surface area (TPSA) is 55.8 Å². The van der Waals surface area contributed by atoms with E-state index in [4.69, 9.17) is 9.47 Å². The van der Waals surface area contributed by atoms with Crippen LogP contribution in [0.5, 0.6) is 0 Å². The number of hydrogen-bond acceptors (Lipinski definition) is 4. The van der Waals surface area contributed by atoms with Gasteiger partial charge in [-0.3, -0.25) is 4.90 Å². The number of benzene rings is 1. The van der Waals surface area contributed by atoms with Crippen molar-refractivity contribution in [2.24, 2.45) is 0 Å². The average Bonchev–Trinajstić information content (AvgIpc) is 3.02. The van der Waals surface area contributed by atoms with Gasteiger partial charge < -0.3 is 37.9 Å². The highest BCUT2D eigenvalue weighted by atomic mass is 127. The second-order valence-corrected chi connectivity index (χ2v) is 7.07. The van der Waals surface area contributed by atoms with Gasteiger partial charge in [0.1, 0.15) is 25.8 Å². The van der Waals surface area contributed by atoms with Crippen LogP contribution in [-0.2, 0) is 20.9 Å². The van der Waals surface area contributed by atoms with E-state index in [2.05, 4.69) is 0 Å². The number of carbonyl (C=O) groups excluding carboxylic acids is 2. The zero-order valence-electron chi connectivity index (χ0n) is 15.1. The van der Waals surface area contributed by atoms with Gasteiger partial charge in [0, 0.05) is 6.54 Å². The summed E-state index contributed by atoms with van der Waals surface area (Å²) in [4.78, 5) is 26.0. The Balaban J connectivity index is 0.00000312. The molecule has 1 atom stereocenters. The zero-order chi connectivity index (χ0) is 17.6. The number of nitrogens with zero attached hydrogens (tertiary/aromatic N) is 2. The summed E-state index contributed by atoms with van der Waals surface area (Å²) in [7, 11) is 6.12. The van der Waals surface area contributed by atoms with E-state index >= 15 is 0 Å². The van der Waals surface area contributed by atoms with Crippen molar-refractivity contribution < 1.29 is 47.5 Å². The smallest absolute Gasteiger partial charge is 0.410 e. The first-order chi connectivity index (χ1) is 11.4. The minimum Gasteiger partial charge on any atom is -1.00 e. The number of likely N-dealkylation sites (tertiary alicyclic amines) is 1.